The molecule has 1 aliphatic heterocycles. The average Bonchev–Trinajstić information content (AvgIpc) is 2.64. The second-order valence-electron chi connectivity index (χ2n) is 6.37. The van der Waals surface area contributed by atoms with Gasteiger partial charge in [-0.1, -0.05) is 12.1 Å². The lowest BCUT2D eigenvalue weighted by Gasteiger charge is -2.35. The fraction of sp³-hybridized carbons (Fsp3) is 0.471. The highest BCUT2D eigenvalue weighted by atomic mass is 19.4. The van der Waals surface area contributed by atoms with E-state index in [1.807, 2.05) is 0 Å². The van der Waals surface area contributed by atoms with Crippen LogP contribution in [0.5, 0.6) is 0 Å². The zero-order valence-corrected chi connectivity index (χ0v) is 14.7. The van der Waals surface area contributed by atoms with Gasteiger partial charge in [0.25, 0.3) is 5.91 Å². The molecule has 1 unspecified atom stereocenters. The average molecular weight is 383 g/mol. The summed E-state index contributed by atoms with van der Waals surface area (Å²) >= 11 is 0. The molecular weight excluding hydrogens is 363 g/mol. The van der Waals surface area contributed by atoms with Gasteiger partial charge in [0, 0.05) is 45.2 Å². The molecular formula is C17H20F3N5O2. The van der Waals surface area contributed by atoms with Gasteiger partial charge in [-0.3, -0.25) is 19.2 Å². The minimum absolute atomic E-state index is 0.232. The maximum absolute atomic E-state index is 13.4. The molecule has 27 heavy (non-hydrogen) atoms. The summed E-state index contributed by atoms with van der Waals surface area (Å²) in [6.07, 6.45) is -4.49. The van der Waals surface area contributed by atoms with Crippen molar-refractivity contribution in [3.8, 4) is 0 Å². The van der Waals surface area contributed by atoms with E-state index in [0.717, 1.165) is 0 Å². The number of piperazine rings is 1. The zero-order valence-electron chi connectivity index (χ0n) is 14.7. The van der Waals surface area contributed by atoms with Crippen molar-refractivity contribution in [3.63, 3.8) is 0 Å². The number of aryl methyl sites for hydroxylation is 1. The lowest BCUT2D eigenvalue weighted by molar-refractivity contribution is -0.183. The quantitative estimate of drug-likeness (QED) is 0.804. The van der Waals surface area contributed by atoms with Gasteiger partial charge in [0.15, 0.2) is 5.69 Å². The summed E-state index contributed by atoms with van der Waals surface area (Å²) in [5.41, 5.74) is -0.489. The first kappa shape index (κ1) is 19.3. The summed E-state index contributed by atoms with van der Waals surface area (Å²) in [5.74, 6) is -0.911. The first-order chi connectivity index (χ1) is 12.8. The Morgan fingerprint density at radius 2 is 1.96 bits per heavy atom. The Kier molecular flexibility index (Phi) is 5.47. The van der Waals surface area contributed by atoms with Gasteiger partial charge in [0.1, 0.15) is 6.04 Å². The van der Waals surface area contributed by atoms with Crippen LogP contribution in [-0.2, 0) is 7.05 Å². The molecule has 0 aliphatic carbocycles. The third kappa shape index (κ3) is 4.11. The van der Waals surface area contributed by atoms with E-state index >= 15 is 0 Å². The molecule has 7 nitrogen and oxygen atoms in total. The van der Waals surface area contributed by atoms with E-state index in [-0.39, 0.29) is 18.5 Å². The Hall–Kier alpha value is -2.46. The highest BCUT2D eigenvalue weighted by molar-refractivity contribution is 5.95. The SMILES string of the molecule is Cn1nc(C(=O)NCC(N2CCNCC2)C(F)(F)F)c(=O)c2ccccc21. The Labute approximate surface area is 153 Å². The van der Waals surface area contributed by atoms with Crippen LogP contribution < -0.4 is 16.1 Å². The first-order valence-electron chi connectivity index (χ1n) is 8.55. The summed E-state index contributed by atoms with van der Waals surface area (Å²) in [4.78, 5) is 26.2. The molecule has 1 amide bonds. The van der Waals surface area contributed by atoms with E-state index < -0.39 is 35.8 Å². The molecule has 10 heteroatoms. The Balaban J connectivity index is 1.81. The minimum atomic E-state index is -4.49. The van der Waals surface area contributed by atoms with Gasteiger partial charge in [-0.2, -0.15) is 18.3 Å². The summed E-state index contributed by atoms with van der Waals surface area (Å²) in [6, 6.07) is 4.79. The largest absolute Gasteiger partial charge is 0.405 e. The molecule has 0 radical (unpaired) electrons. The molecule has 0 bridgehead atoms. The highest BCUT2D eigenvalue weighted by Gasteiger charge is 2.44. The third-order valence-corrected chi connectivity index (χ3v) is 4.60. The number of benzene rings is 1. The van der Waals surface area contributed by atoms with Crippen molar-refractivity contribution in [2.75, 3.05) is 32.7 Å². The number of hydrogen-bond acceptors (Lipinski definition) is 5. The molecule has 146 valence electrons. The minimum Gasteiger partial charge on any atom is -0.349 e. The number of carbonyl (C=O) groups excluding carboxylic acids is 1. The van der Waals surface area contributed by atoms with Crippen LogP contribution in [0.25, 0.3) is 10.9 Å². The van der Waals surface area contributed by atoms with Crippen molar-refractivity contribution in [2.45, 2.75) is 12.2 Å². The number of amides is 1. The lowest BCUT2D eigenvalue weighted by atomic mass is 10.1. The first-order valence-corrected chi connectivity index (χ1v) is 8.55. The van der Waals surface area contributed by atoms with Crippen molar-refractivity contribution in [2.24, 2.45) is 7.05 Å². The fourth-order valence-electron chi connectivity index (χ4n) is 3.19. The molecule has 0 saturated carbocycles. The number of hydrogen-bond donors (Lipinski definition) is 2. The maximum atomic E-state index is 13.4. The third-order valence-electron chi connectivity index (χ3n) is 4.60. The zero-order chi connectivity index (χ0) is 19.6. The van der Waals surface area contributed by atoms with Crippen LogP contribution in [0.3, 0.4) is 0 Å². The lowest BCUT2D eigenvalue weighted by Crippen LogP contribution is -2.57. The van der Waals surface area contributed by atoms with E-state index in [9.17, 15) is 22.8 Å². The predicted molar refractivity (Wildman–Crippen MR) is 93.6 cm³/mol. The molecule has 3 rings (SSSR count). The van der Waals surface area contributed by atoms with Gasteiger partial charge >= 0.3 is 6.18 Å². The fourth-order valence-corrected chi connectivity index (χ4v) is 3.19. The van der Waals surface area contributed by atoms with E-state index in [1.165, 1.54) is 9.58 Å². The molecule has 2 aromatic rings. The van der Waals surface area contributed by atoms with Gasteiger partial charge in [-0.15, -0.1) is 0 Å². The van der Waals surface area contributed by atoms with Gasteiger partial charge in [-0.05, 0) is 12.1 Å². The molecule has 1 aliphatic rings. The number of alkyl halides is 3. The van der Waals surface area contributed by atoms with E-state index in [4.69, 9.17) is 0 Å². The van der Waals surface area contributed by atoms with Crippen LogP contribution in [-0.4, -0.2) is 65.5 Å². The number of fused-ring (bicyclic) bond motifs is 1. The van der Waals surface area contributed by atoms with Crippen molar-refractivity contribution >= 4 is 16.8 Å². The van der Waals surface area contributed by atoms with Crippen LogP contribution >= 0.6 is 0 Å². The number of rotatable bonds is 4. The number of halogens is 3. The number of nitrogens with one attached hydrogen (secondary N) is 2. The van der Waals surface area contributed by atoms with Crippen molar-refractivity contribution in [1.29, 1.82) is 0 Å². The maximum Gasteiger partial charge on any atom is 0.405 e. The Morgan fingerprint density at radius 1 is 1.30 bits per heavy atom. The molecule has 1 saturated heterocycles. The Bertz CT molecular complexity index is 890. The number of nitrogens with zero attached hydrogens (tertiary/aromatic N) is 3. The standard InChI is InChI=1S/C17H20F3N5O2/c1-24-12-5-3-2-4-11(12)15(26)14(23-24)16(27)22-10-13(17(18,19)20)25-8-6-21-7-9-25/h2-5,13,21H,6-10H2,1H3,(H,22,27). The summed E-state index contributed by atoms with van der Waals surface area (Å²) in [5, 5.41) is 9.46. The second-order valence-corrected chi connectivity index (χ2v) is 6.37. The molecule has 1 aromatic heterocycles. The summed E-state index contributed by atoms with van der Waals surface area (Å²) in [6.45, 7) is 0.729. The smallest absolute Gasteiger partial charge is 0.349 e. The van der Waals surface area contributed by atoms with Crippen LogP contribution in [0.2, 0.25) is 0 Å². The van der Waals surface area contributed by atoms with Crippen molar-refractivity contribution in [1.82, 2.24) is 25.3 Å². The number of aromatic nitrogens is 2. The number of carbonyl (C=O) groups is 1. The van der Waals surface area contributed by atoms with E-state index in [2.05, 4.69) is 15.7 Å². The highest BCUT2D eigenvalue weighted by Crippen LogP contribution is 2.24. The van der Waals surface area contributed by atoms with Crippen LogP contribution in [0.1, 0.15) is 10.5 Å². The second kappa shape index (κ2) is 7.65. The van der Waals surface area contributed by atoms with Gasteiger partial charge in [0.2, 0.25) is 5.43 Å². The molecule has 1 fully saturated rings. The summed E-state index contributed by atoms with van der Waals surface area (Å²) in [7, 11) is 1.57. The van der Waals surface area contributed by atoms with E-state index in [0.29, 0.717) is 18.6 Å². The van der Waals surface area contributed by atoms with Crippen LogP contribution in [0.15, 0.2) is 29.1 Å². The summed E-state index contributed by atoms with van der Waals surface area (Å²) < 4.78 is 41.6. The molecule has 2 N–H and O–H groups in total. The van der Waals surface area contributed by atoms with Gasteiger partial charge in [-0.25, -0.2) is 0 Å². The van der Waals surface area contributed by atoms with Crippen LogP contribution in [0, 0.1) is 0 Å². The monoisotopic (exact) mass is 383 g/mol. The Morgan fingerprint density at radius 3 is 2.63 bits per heavy atom. The topological polar surface area (TPSA) is 79.3 Å². The molecule has 2 heterocycles. The van der Waals surface area contributed by atoms with Crippen molar-refractivity contribution in [3.05, 3.63) is 40.2 Å². The van der Waals surface area contributed by atoms with Crippen molar-refractivity contribution < 1.29 is 18.0 Å². The predicted octanol–water partition coefficient (Wildman–Crippen LogP) is 0.499. The normalized spacial score (nSPS) is 17.0. The van der Waals surface area contributed by atoms with Crippen LogP contribution in [0.4, 0.5) is 13.2 Å². The van der Waals surface area contributed by atoms with Gasteiger partial charge < -0.3 is 10.6 Å². The molecule has 1 atom stereocenters. The number of para-hydroxylation sites is 1. The van der Waals surface area contributed by atoms with E-state index in [1.54, 1.807) is 31.3 Å². The van der Waals surface area contributed by atoms with Gasteiger partial charge in [0.05, 0.1) is 5.52 Å². The molecule has 1 aromatic carbocycles. The molecule has 0 spiro atoms.